The van der Waals surface area contributed by atoms with Crippen LogP contribution in [-0.4, -0.2) is 12.1 Å². The normalized spacial score (nSPS) is 33.0. The van der Waals surface area contributed by atoms with Crippen molar-refractivity contribution < 1.29 is 0 Å². The molecular formula is C14H18ClN. The van der Waals surface area contributed by atoms with Gasteiger partial charge in [-0.1, -0.05) is 23.7 Å². The molecule has 2 heteroatoms. The molecule has 2 aliphatic heterocycles. The molecule has 0 amide bonds. The van der Waals surface area contributed by atoms with Crippen molar-refractivity contribution in [2.24, 2.45) is 0 Å². The Hall–Kier alpha value is -0.530. The lowest BCUT2D eigenvalue weighted by molar-refractivity contribution is 0.363. The second kappa shape index (κ2) is 4.05. The van der Waals surface area contributed by atoms with Crippen molar-refractivity contribution in [1.82, 2.24) is 5.32 Å². The Labute approximate surface area is 102 Å². The van der Waals surface area contributed by atoms with E-state index in [1.54, 1.807) is 0 Å². The Morgan fingerprint density at radius 2 is 1.88 bits per heavy atom. The van der Waals surface area contributed by atoms with Crippen molar-refractivity contribution >= 4 is 11.6 Å². The molecule has 1 aromatic rings. The number of piperidine rings is 1. The van der Waals surface area contributed by atoms with Gasteiger partial charge in [-0.2, -0.15) is 0 Å². The molecule has 1 N–H and O–H groups in total. The molecule has 0 aromatic heterocycles. The van der Waals surface area contributed by atoms with Gasteiger partial charge in [0.1, 0.15) is 0 Å². The highest BCUT2D eigenvalue weighted by Crippen LogP contribution is 2.38. The van der Waals surface area contributed by atoms with Crippen LogP contribution in [0.3, 0.4) is 0 Å². The van der Waals surface area contributed by atoms with E-state index in [0.717, 1.165) is 23.0 Å². The molecule has 1 aromatic carbocycles. The maximum absolute atomic E-state index is 6.21. The minimum Gasteiger partial charge on any atom is -0.311 e. The van der Waals surface area contributed by atoms with Crippen LogP contribution < -0.4 is 5.32 Å². The molecule has 2 heterocycles. The van der Waals surface area contributed by atoms with Gasteiger partial charge < -0.3 is 5.32 Å². The Balaban J connectivity index is 1.84. The molecule has 0 aliphatic carbocycles. The van der Waals surface area contributed by atoms with Crippen molar-refractivity contribution in [2.45, 2.75) is 50.6 Å². The summed E-state index contributed by atoms with van der Waals surface area (Å²) in [6.07, 6.45) is 5.30. The fraction of sp³-hybridized carbons (Fsp3) is 0.571. The number of nitrogens with one attached hydrogen (secondary N) is 1. The summed E-state index contributed by atoms with van der Waals surface area (Å²) < 4.78 is 0. The largest absolute Gasteiger partial charge is 0.311 e. The average Bonchev–Trinajstić information content (AvgIpc) is 2.62. The first kappa shape index (κ1) is 10.6. The second-order valence-corrected chi connectivity index (χ2v) is 5.72. The molecule has 1 nitrogen and oxygen atoms in total. The number of benzene rings is 1. The van der Waals surface area contributed by atoms with Gasteiger partial charge in [-0.25, -0.2) is 0 Å². The van der Waals surface area contributed by atoms with Crippen LogP contribution in [0.25, 0.3) is 0 Å². The van der Waals surface area contributed by atoms with Gasteiger partial charge in [0.15, 0.2) is 0 Å². The van der Waals surface area contributed by atoms with Crippen LogP contribution in [0.1, 0.15) is 42.7 Å². The number of rotatable bonds is 1. The molecule has 16 heavy (non-hydrogen) atoms. The van der Waals surface area contributed by atoms with Crippen molar-refractivity contribution in [1.29, 1.82) is 0 Å². The van der Waals surface area contributed by atoms with E-state index in [-0.39, 0.29) is 0 Å². The number of fused-ring (bicyclic) bond motifs is 2. The van der Waals surface area contributed by atoms with Gasteiger partial charge in [-0.3, -0.25) is 0 Å². The van der Waals surface area contributed by atoms with E-state index in [2.05, 4.69) is 30.4 Å². The minimum absolute atomic E-state index is 0.719. The molecule has 2 saturated heterocycles. The summed E-state index contributed by atoms with van der Waals surface area (Å²) in [5.74, 6) is 0.719. The fourth-order valence-corrected chi connectivity index (χ4v) is 3.38. The maximum Gasteiger partial charge on any atom is 0.0438 e. The predicted octanol–water partition coefficient (Wildman–Crippen LogP) is 3.65. The van der Waals surface area contributed by atoms with Gasteiger partial charge in [0.25, 0.3) is 0 Å². The average molecular weight is 236 g/mol. The standard InChI is InChI=1S/C14H18ClN/c1-9-2-3-10(8-14(9)15)11-6-12-4-5-13(7-11)16-12/h2-3,8,11-13,16H,4-7H2,1H3/t11?,12-,13+. The second-order valence-electron chi connectivity index (χ2n) is 5.31. The van der Waals surface area contributed by atoms with E-state index in [0.29, 0.717) is 0 Å². The number of halogens is 1. The van der Waals surface area contributed by atoms with Crippen LogP contribution in [0.2, 0.25) is 5.02 Å². The summed E-state index contributed by atoms with van der Waals surface area (Å²) in [4.78, 5) is 0. The lowest BCUT2D eigenvalue weighted by Crippen LogP contribution is -2.37. The molecular weight excluding hydrogens is 218 g/mol. The first-order chi connectivity index (χ1) is 7.72. The Bertz CT molecular complexity index is 390. The van der Waals surface area contributed by atoms with Gasteiger partial charge in [-0.05, 0) is 55.7 Å². The Morgan fingerprint density at radius 1 is 1.19 bits per heavy atom. The van der Waals surface area contributed by atoms with Gasteiger partial charge in [0.2, 0.25) is 0 Å². The molecule has 1 unspecified atom stereocenters. The SMILES string of the molecule is Cc1ccc(C2C[C@H]3CC[C@@H](C2)N3)cc1Cl. The molecule has 2 fully saturated rings. The zero-order chi connectivity index (χ0) is 11.1. The van der Waals surface area contributed by atoms with Gasteiger partial charge in [0, 0.05) is 17.1 Å². The summed E-state index contributed by atoms with van der Waals surface area (Å²) in [5.41, 5.74) is 2.62. The minimum atomic E-state index is 0.719. The Morgan fingerprint density at radius 3 is 2.50 bits per heavy atom. The third-order valence-electron chi connectivity index (χ3n) is 4.14. The van der Waals surface area contributed by atoms with Crippen LogP contribution in [0.15, 0.2) is 18.2 Å². The molecule has 0 radical (unpaired) electrons. The zero-order valence-corrected chi connectivity index (χ0v) is 10.4. The van der Waals surface area contributed by atoms with Crippen molar-refractivity contribution in [3.63, 3.8) is 0 Å². The van der Waals surface area contributed by atoms with E-state index in [9.17, 15) is 0 Å². The van der Waals surface area contributed by atoms with Gasteiger partial charge in [-0.15, -0.1) is 0 Å². The molecule has 2 bridgehead atoms. The van der Waals surface area contributed by atoms with Crippen molar-refractivity contribution in [3.05, 3.63) is 34.3 Å². The van der Waals surface area contributed by atoms with Gasteiger partial charge in [0.05, 0.1) is 0 Å². The smallest absolute Gasteiger partial charge is 0.0438 e. The maximum atomic E-state index is 6.21. The summed E-state index contributed by atoms with van der Waals surface area (Å²) in [6, 6.07) is 8.09. The van der Waals surface area contributed by atoms with Crippen LogP contribution in [0.4, 0.5) is 0 Å². The van der Waals surface area contributed by atoms with E-state index < -0.39 is 0 Å². The van der Waals surface area contributed by atoms with Crippen molar-refractivity contribution in [3.8, 4) is 0 Å². The first-order valence-corrected chi connectivity index (χ1v) is 6.62. The van der Waals surface area contributed by atoms with E-state index in [4.69, 9.17) is 11.6 Å². The molecule has 86 valence electrons. The van der Waals surface area contributed by atoms with E-state index >= 15 is 0 Å². The molecule has 0 spiro atoms. The van der Waals surface area contributed by atoms with Crippen LogP contribution >= 0.6 is 11.6 Å². The summed E-state index contributed by atoms with van der Waals surface area (Å²) in [5, 5.41) is 4.60. The molecule has 3 rings (SSSR count). The van der Waals surface area contributed by atoms with Crippen LogP contribution in [-0.2, 0) is 0 Å². The van der Waals surface area contributed by atoms with Crippen LogP contribution in [0.5, 0.6) is 0 Å². The zero-order valence-electron chi connectivity index (χ0n) is 9.67. The highest BCUT2D eigenvalue weighted by Gasteiger charge is 2.33. The van der Waals surface area contributed by atoms with Gasteiger partial charge >= 0.3 is 0 Å². The van der Waals surface area contributed by atoms with E-state index in [1.165, 1.54) is 36.8 Å². The van der Waals surface area contributed by atoms with Crippen molar-refractivity contribution in [2.75, 3.05) is 0 Å². The summed E-state index contributed by atoms with van der Waals surface area (Å²) in [7, 11) is 0. The predicted molar refractivity (Wildman–Crippen MR) is 68.1 cm³/mol. The lowest BCUT2D eigenvalue weighted by Gasteiger charge is -2.29. The third kappa shape index (κ3) is 1.87. The molecule has 0 saturated carbocycles. The summed E-state index contributed by atoms with van der Waals surface area (Å²) in [6.45, 7) is 2.07. The third-order valence-corrected chi connectivity index (χ3v) is 4.55. The monoisotopic (exact) mass is 235 g/mol. The Kier molecular flexibility index (Phi) is 2.68. The topological polar surface area (TPSA) is 12.0 Å². The number of aryl methyl sites for hydroxylation is 1. The van der Waals surface area contributed by atoms with E-state index in [1.807, 2.05) is 0 Å². The van der Waals surface area contributed by atoms with Crippen LogP contribution in [0, 0.1) is 6.92 Å². The highest BCUT2D eigenvalue weighted by atomic mass is 35.5. The number of hydrogen-bond donors (Lipinski definition) is 1. The molecule has 3 atom stereocenters. The lowest BCUT2D eigenvalue weighted by atomic mass is 9.86. The quantitative estimate of drug-likeness (QED) is 0.784. The fourth-order valence-electron chi connectivity index (χ4n) is 3.19. The number of hydrogen-bond acceptors (Lipinski definition) is 1. The first-order valence-electron chi connectivity index (χ1n) is 6.24. The highest BCUT2D eigenvalue weighted by molar-refractivity contribution is 6.31. The molecule has 2 aliphatic rings. The summed E-state index contributed by atoms with van der Waals surface area (Å²) >= 11 is 6.21.